The number of hydrazine groups is 1. The van der Waals surface area contributed by atoms with Gasteiger partial charge < -0.3 is 5.32 Å². The van der Waals surface area contributed by atoms with E-state index in [0.717, 1.165) is 47.7 Å². The normalized spacial score (nSPS) is 10.9. The first kappa shape index (κ1) is 18.6. The Bertz CT molecular complexity index is 981. The molecule has 0 aliphatic carbocycles. The van der Waals surface area contributed by atoms with E-state index in [2.05, 4.69) is 33.2 Å². The molecule has 0 spiro atoms. The minimum Gasteiger partial charge on any atom is -0.306 e. The zero-order chi connectivity index (χ0) is 19.6. The van der Waals surface area contributed by atoms with Crippen LogP contribution in [0.1, 0.15) is 24.6 Å². The number of halogens is 2. The molecule has 1 aromatic carbocycles. The number of pyridine rings is 1. The Balaban J connectivity index is 1.76. The van der Waals surface area contributed by atoms with Crippen LogP contribution in [-0.4, -0.2) is 20.8 Å². The fourth-order valence-electron chi connectivity index (χ4n) is 2.97. The molecule has 0 unspecified atom stereocenters. The number of carbonyl (C=O) groups is 1. The van der Waals surface area contributed by atoms with E-state index in [1.165, 1.54) is 0 Å². The second kappa shape index (κ2) is 7.56. The largest absolute Gasteiger partial charge is 0.337 e. The van der Waals surface area contributed by atoms with E-state index in [9.17, 15) is 13.6 Å². The molecule has 9 heteroatoms. The van der Waals surface area contributed by atoms with Gasteiger partial charge in [-0.3, -0.25) is 15.5 Å². The van der Waals surface area contributed by atoms with Gasteiger partial charge in [-0.2, -0.15) is 5.10 Å². The van der Waals surface area contributed by atoms with Crippen LogP contribution >= 0.6 is 0 Å². The van der Waals surface area contributed by atoms with Crippen LogP contribution in [0.2, 0.25) is 0 Å². The zero-order valence-electron chi connectivity index (χ0n) is 15.2. The van der Waals surface area contributed by atoms with E-state index in [-0.39, 0.29) is 5.69 Å². The third-order valence-electron chi connectivity index (χ3n) is 3.99. The maximum absolute atomic E-state index is 13.2. The number of fused-ring (bicyclic) bond motifs is 1. The number of urea groups is 1. The highest BCUT2D eigenvalue weighted by Crippen LogP contribution is 2.24. The average molecular weight is 374 g/mol. The van der Waals surface area contributed by atoms with Gasteiger partial charge in [-0.05, 0) is 37.1 Å². The van der Waals surface area contributed by atoms with E-state index in [1.807, 2.05) is 13.0 Å². The number of aryl methyl sites for hydroxylation is 3. The first-order valence-corrected chi connectivity index (χ1v) is 8.49. The van der Waals surface area contributed by atoms with Gasteiger partial charge in [0.15, 0.2) is 5.65 Å². The van der Waals surface area contributed by atoms with Gasteiger partial charge in [0, 0.05) is 24.2 Å². The van der Waals surface area contributed by atoms with Crippen LogP contribution in [0, 0.1) is 18.6 Å². The Morgan fingerprint density at radius 3 is 2.56 bits per heavy atom. The molecule has 0 aliphatic heterocycles. The van der Waals surface area contributed by atoms with Crippen molar-refractivity contribution in [1.29, 1.82) is 0 Å². The van der Waals surface area contributed by atoms with Crippen LogP contribution in [0.5, 0.6) is 0 Å². The number of hydrogen-bond donors (Lipinski definition) is 3. The zero-order valence-corrected chi connectivity index (χ0v) is 15.2. The van der Waals surface area contributed by atoms with Crippen LogP contribution in [-0.2, 0) is 13.5 Å². The number of anilines is 2. The lowest BCUT2D eigenvalue weighted by molar-refractivity contribution is 0.254. The lowest BCUT2D eigenvalue weighted by Gasteiger charge is -2.11. The second-order valence-electron chi connectivity index (χ2n) is 6.19. The second-order valence-corrected chi connectivity index (χ2v) is 6.19. The summed E-state index contributed by atoms with van der Waals surface area (Å²) in [7, 11) is 1.81. The molecule has 142 valence electrons. The van der Waals surface area contributed by atoms with Crippen LogP contribution in [0.15, 0.2) is 24.3 Å². The molecule has 0 aliphatic rings. The fraction of sp³-hybridized carbons (Fsp3) is 0.278. The maximum Gasteiger partial charge on any atom is 0.337 e. The van der Waals surface area contributed by atoms with Gasteiger partial charge in [0.05, 0.1) is 5.69 Å². The van der Waals surface area contributed by atoms with E-state index < -0.39 is 17.7 Å². The molecule has 3 aromatic rings. The number of benzene rings is 1. The van der Waals surface area contributed by atoms with Crippen molar-refractivity contribution in [3.05, 3.63) is 47.2 Å². The Hall–Kier alpha value is -3.23. The number of amides is 2. The molecule has 0 bridgehead atoms. The molecule has 7 nitrogen and oxygen atoms in total. The Kier molecular flexibility index (Phi) is 5.20. The molecule has 2 aromatic heterocycles. The third kappa shape index (κ3) is 4.13. The molecule has 0 radical (unpaired) electrons. The third-order valence-corrected chi connectivity index (χ3v) is 3.99. The average Bonchev–Trinajstić information content (AvgIpc) is 2.87. The molecule has 0 fully saturated rings. The molecular weight excluding hydrogens is 354 g/mol. The summed E-state index contributed by atoms with van der Waals surface area (Å²) in [6.07, 6.45) is 1.79. The Morgan fingerprint density at radius 1 is 1.19 bits per heavy atom. The Labute approximate surface area is 154 Å². The van der Waals surface area contributed by atoms with Crippen molar-refractivity contribution < 1.29 is 13.6 Å². The minimum absolute atomic E-state index is 0.00384. The van der Waals surface area contributed by atoms with Gasteiger partial charge in [-0.15, -0.1) is 0 Å². The number of hydrogen-bond acceptors (Lipinski definition) is 4. The fourth-order valence-corrected chi connectivity index (χ4v) is 2.97. The van der Waals surface area contributed by atoms with Crippen molar-refractivity contribution >= 4 is 28.6 Å². The molecule has 0 atom stereocenters. The van der Waals surface area contributed by atoms with Gasteiger partial charge in [-0.1, -0.05) is 13.3 Å². The van der Waals surface area contributed by atoms with E-state index in [4.69, 9.17) is 0 Å². The summed E-state index contributed by atoms with van der Waals surface area (Å²) in [4.78, 5) is 16.5. The molecule has 0 saturated heterocycles. The summed E-state index contributed by atoms with van der Waals surface area (Å²) in [5.41, 5.74) is 7.81. The van der Waals surface area contributed by atoms with Crippen LogP contribution < -0.4 is 16.2 Å². The minimum atomic E-state index is -0.777. The van der Waals surface area contributed by atoms with Gasteiger partial charge in [0.25, 0.3) is 0 Å². The van der Waals surface area contributed by atoms with Crippen molar-refractivity contribution in [2.45, 2.75) is 26.7 Å². The lowest BCUT2D eigenvalue weighted by Crippen LogP contribution is -2.34. The molecule has 2 amide bonds. The molecule has 27 heavy (non-hydrogen) atoms. The van der Waals surface area contributed by atoms with Gasteiger partial charge >= 0.3 is 6.03 Å². The number of carbonyl (C=O) groups excluding carboxylic acids is 1. The highest BCUT2D eigenvalue weighted by atomic mass is 19.1. The lowest BCUT2D eigenvalue weighted by atomic mass is 10.1. The van der Waals surface area contributed by atoms with Gasteiger partial charge in [0.2, 0.25) is 0 Å². The molecule has 3 N–H and O–H groups in total. The summed E-state index contributed by atoms with van der Waals surface area (Å²) in [5, 5.41) is 7.75. The van der Waals surface area contributed by atoms with E-state index in [1.54, 1.807) is 11.7 Å². The van der Waals surface area contributed by atoms with Crippen LogP contribution in [0.3, 0.4) is 0 Å². The van der Waals surface area contributed by atoms with Crippen molar-refractivity contribution in [3.63, 3.8) is 0 Å². The van der Waals surface area contributed by atoms with Crippen molar-refractivity contribution in [2.75, 3.05) is 10.7 Å². The first-order valence-electron chi connectivity index (χ1n) is 8.49. The molecule has 2 heterocycles. The van der Waals surface area contributed by atoms with Crippen LogP contribution in [0.25, 0.3) is 11.0 Å². The van der Waals surface area contributed by atoms with E-state index >= 15 is 0 Å². The number of rotatable bonds is 5. The smallest absolute Gasteiger partial charge is 0.306 e. The summed E-state index contributed by atoms with van der Waals surface area (Å²) in [5.74, 6) is -1.11. The van der Waals surface area contributed by atoms with Crippen molar-refractivity contribution in [2.24, 2.45) is 7.05 Å². The summed E-state index contributed by atoms with van der Waals surface area (Å²) < 4.78 is 28.1. The van der Waals surface area contributed by atoms with E-state index in [0.29, 0.717) is 11.5 Å². The molecule has 0 saturated carbocycles. The topological polar surface area (TPSA) is 83.9 Å². The van der Waals surface area contributed by atoms with Gasteiger partial charge in [-0.25, -0.2) is 18.6 Å². The highest BCUT2D eigenvalue weighted by molar-refractivity contribution is 5.90. The van der Waals surface area contributed by atoms with Crippen molar-refractivity contribution in [3.8, 4) is 0 Å². The van der Waals surface area contributed by atoms with Crippen LogP contribution in [0.4, 0.5) is 25.1 Å². The maximum atomic E-state index is 13.2. The summed E-state index contributed by atoms with van der Waals surface area (Å²) in [6, 6.07) is 3.93. The van der Waals surface area contributed by atoms with Gasteiger partial charge in [0.1, 0.15) is 17.5 Å². The molecular formula is C18H20F2N6O. The summed E-state index contributed by atoms with van der Waals surface area (Å²) in [6.45, 7) is 4.01. The highest BCUT2D eigenvalue weighted by Gasteiger charge is 2.13. The quantitative estimate of drug-likeness (QED) is 0.595. The van der Waals surface area contributed by atoms with Crippen molar-refractivity contribution in [1.82, 2.24) is 20.2 Å². The number of nitrogens with one attached hydrogen (secondary N) is 3. The number of nitrogens with zero attached hydrogens (tertiary/aromatic N) is 3. The predicted molar refractivity (Wildman–Crippen MR) is 99.4 cm³/mol. The molecule has 3 rings (SSSR count). The monoisotopic (exact) mass is 374 g/mol. The Morgan fingerprint density at radius 2 is 1.89 bits per heavy atom. The first-order chi connectivity index (χ1) is 12.9. The summed E-state index contributed by atoms with van der Waals surface area (Å²) >= 11 is 0. The standard InChI is InChI=1S/C18H20F2N6O/c1-4-5-11-6-15(22-17-16(11)10(2)25-26(17)3)23-24-18(27)21-14-8-12(19)7-13(20)9-14/h6-9H,4-5H2,1-3H3,(H,22,23)(H2,21,24,27). The number of aromatic nitrogens is 3. The SMILES string of the molecule is CCCc1cc(NNC(=O)Nc2cc(F)cc(F)c2)nc2c1c(C)nn2C. The predicted octanol–water partition coefficient (Wildman–Crippen LogP) is 3.66.